The molecule has 1 aliphatic carbocycles. The first-order valence-corrected chi connectivity index (χ1v) is 10.6. The van der Waals surface area contributed by atoms with Gasteiger partial charge in [-0.05, 0) is 49.1 Å². The van der Waals surface area contributed by atoms with Crippen LogP contribution in [0, 0.1) is 5.92 Å². The summed E-state index contributed by atoms with van der Waals surface area (Å²) in [7, 11) is 0. The summed E-state index contributed by atoms with van der Waals surface area (Å²) >= 11 is 0. The molecule has 0 N–H and O–H groups in total. The summed E-state index contributed by atoms with van der Waals surface area (Å²) in [6.07, 6.45) is 6.13. The van der Waals surface area contributed by atoms with Crippen LogP contribution in [0.25, 0.3) is 0 Å². The Labute approximate surface area is 161 Å². The van der Waals surface area contributed by atoms with Gasteiger partial charge in [0.1, 0.15) is 0 Å². The van der Waals surface area contributed by atoms with E-state index >= 15 is 0 Å². The molecule has 1 aromatic carbocycles. The lowest BCUT2D eigenvalue weighted by Crippen LogP contribution is -2.51. The van der Waals surface area contributed by atoms with E-state index in [1.54, 1.807) is 4.90 Å². The van der Waals surface area contributed by atoms with Gasteiger partial charge < -0.3 is 9.80 Å². The molecule has 4 heterocycles. The molecule has 0 radical (unpaired) electrons. The van der Waals surface area contributed by atoms with Gasteiger partial charge in [0.05, 0.1) is 6.54 Å². The molecular weight excluding hydrogens is 338 g/mol. The van der Waals surface area contributed by atoms with Crippen LogP contribution in [0.15, 0.2) is 24.3 Å². The number of piperidine rings is 1. The summed E-state index contributed by atoms with van der Waals surface area (Å²) < 4.78 is 0. The largest absolute Gasteiger partial charge is 0.337 e. The van der Waals surface area contributed by atoms with Gasteiger partial charge >= 0.3 is 0 Å². The highest BCUT2D eigenvalue weighted by molar-refractivity contribution is 5.86. The summed E-state index contributed by atoms with van der Waals surface area (Å²) in [5, 5.41) is 0. The number of rotatable bonds is 3. The van der Waals surface area contributed by atoms with Crippen LogP contribution in [-0.4, -0.2) is 71.3 Å². The molecule has 2 atom stereocenters. The van der Waals surface area contributed by atoms with Crippen molar-refractivity contribution < 1.29 is 9.59 Å². The quantitative estimate of drug-likeness (QED) is 0.817. The predicted molar refractivity (Wildman–Crippen MR) is 103 cm³/mol. The van der Waals surface area contributed by atoms with Crippen LogP contribution >= 0.6 is 0 Å². The molecule has 6 rings (SSSR count). The second-order valence-corrected chi connectivity index (χ2v) is 8.85. The third-order valence-electron chi connectivity index (χ3n) is 7.11. The molecule has 5 heteroatoms. The predicted octanol–water partition coefficient (Wildman–Crippen LogP) is 1.70. The average molecular weight is 367 g/mol. The van der Waals surface area contributed by atoms with Crippen LogP contribution in [-0.2, 0) is 22.4 Å². The lowest BCUT2D eigenvalue weighted by Gasteiger charge is -2.37. The van der Waals surface area contributed by atoms with Gasteiger partial charge in [-0.1, -0.05) is 24.3 Å². The topological polar surface area (TPSA) is 43.9 Å². The fraction of sp³-hybridized carbons (Fsp3) is 0.636. The van der Waals surface area contributed by atoms with Gasteiger partial charge in [-0.3, -0.25) is 14.5 Å². The zero-order valence-corrected chi connectivity index (χ0v) is 16.0. The monoisotopic (exact) mass is 367 g/mol. The van der Waals surface area contributed by atoms with E-state index < -0.39 is 0 Å². The Morgan fingerprint density at radius 2 is 1.78 bits per heavy atom. The van der Waals surface area contributed by atoms with Gasteiger partial charge in [0.25, 0.3) is 0 Å². The number of amides is 2. The second kappa shape index (κ2) is 6.93. The third kappa shape index (κ3) is 3.27. The summed E-state index contributed by atoms with van der Waals surface area (Å²) in [4.78, 5) is 31.4. The fourth-order valence-corrected chi connectivity index (χ4v) is 5.64. The van der Waals surface area contributed by atoms with Crippen molar-refractivity contribution in [2.24, 2.45) is 5.92 Å². The second-order valence-electron chi connectivity index (χ2n) is 8.85. The number of hydrogen-bond acceptors (Lipinski definition) is 3. The lowest BCUT2D eigenvalue weighted by atomic mass is 9.95. The number of nitrogens with zero attached hydrogens (tertiary/aromatic N) is 3. The summed E-state index contributed by atoms with van der Waals surface area (Å²) in [5.41, 5.74) is 3.00. The number of carbonyl (C=O) groups is 2. The molecular formula is C22H29N3O2. The van der Waals surface area contributed by atoms with Crippen LogP contribution < -0.4 is 0 Å². The minimum atomic E-state index is 0.147. The molecule has 0 spiro atoms. The van der Waals surface area contributed by atoms with Crippen molar-refractivity contribution in [3.8, 4) is 0 Å². The maximum absolute atomic E-state index is 13.0. The zero-order chi connectivity index (χ0) is 18.4. The Kier molecular flexibility index (Phi) is 4.43. The van der Waals surface area contributed by atoms with Crippen LogP contribution in [0.5, 0.6) is 0 Å². The van der Waals surface area contributed by atoms with E-state index in [9.17, 15) is 9.59 Å². The highest BCUT2D eigenvalue weighted by Gasteiger charge is 2.40. The normalized spacial score (nSPS) is 28.7. The highest BCUT2D eigenvalue weighted by atomic mass is 16.2. The van der Waals surface area contributed by atoms with E-state index in [1.165, 1.54) is 17.5 Å². The van der Waals surface area contributed by atoms with E-state index in [4.69, 9.17) is 0 Å². The van der Waals surface area contributed by atoms with E-state index in [1.807, 2.05) is 0 Å². The Hall–Kier alpha value is -1.88. The van der Waals surface area contributed by atoms with Crippen molar-refractivity contribution in [1.82, 2.24) is 14.7 Å². The molecule has 1 aromatic rings. The number of fused-ring (bicyclic) bond motifs is 5. The summed E-state index contributed by atoms with van der Waals surface area (Å²) in [6, 6.07) is 9.73. The molecule has 2 amide bonds. The summed E-state index contributed by atoms with van der Waals surface area (Å²) in [6.45, 7) is 4.02. The van der Waals surface area contributed by atoms with Crippen LogP contribution in [0.1, 0.15) is 36.8 Å². The smallest absolute Gasteiger partial charge is 0.242 e. The van der Waals surface area contributed by atoms with Crippen molar-refractivity contribution in [2.75, 3.05) is 32.7 Å². The zero-order valence-electron chi connectivity index (χ0n) is 16.0. The minimum Gasteiger partial charge on any atom is -0.337 e. The molecule has 2 bridgehead atoms. The molecule has 0 unspecified atom stereocenters. The number of carbonyl (C=O) groups excluding carboxylic acids is 2. The van der Waals surface area contributed by atoms with Crippen molar-refractivity contribution >= 4 is 11.8 Å². The first-order valence-electron chi connectivity index (χ1n) is 10.6. The summed E-state index contributed by atoms with van der Waals surface area (Å²) in [5.74, 6) is 0.885. The minimum absolute atomic E-state index is 0.147. The maximum atomic E-state index is 13.0. The van der Waals surface area contributed by atoms with Crippen LogP contribution in [0.3, 0.4) is 0 Å². The first kappa shape index (κ1) is 17.2. The van der Waals surface area contributed by atoms with E-state index in [0.29, 0.717) is 24.4 Å². The van der Waals surface area contributed by atoms with Crippen LogP contribution in [0.4, 0.5) is 0 Å². The molecule has 144 valence electrons. The molecule has 4 saturated heterocycles. The van der Waals surface area contributed by atoms with E-state index in [-0.39, 0.29) is 18.4 Å². The molecule has 0 aromatic heterocycles. The molecule has 0 saturated carbocycles. The number of likely N-dealkylation sites (tertiary alicyclic amines) is 1. The maximum Gasteiger partial charge on any atom is 0.242 e. The Morgan fingerprint density at radius 3 is 2.48 bits per heavy atom. The average Bonchev–Trinajstić information content (AvgIpc) is 3.16. The first-order chi connectivity index (χ1) is 13.2. The Morgan fingerprint density at radius 1 is 1.00 bits per heavy atom. The van der Waals surface area contributed by atoms with Crippen LogP contribution in [0.2, 0.25) is 0 Å². The Balaban J connectivity index is 1.27. The Bertz CT molecular complexity index is 724. The number of benzene rings is 1. The van der Waals surface area contributed by atoms with Gasteiger partial charge in [-0.15, -0.1) is 0 Å². The molecule has 5 nitrogen and oxygen atoms in total. The highest BCUT2D eigenvalue weighted by Crippen LogP contribution is 2.33. The van der Waals surface area contributed by atoms with Crippen molar-refractivity contribution in [3.63, 3.8) is 0 Å². The molecule has 5 aliphatic rings. The van der Waals surface area contributed by atoms with Crippen molar-refractivity contribution in [3.05, 3.63) is 35.4 Å². The van der Waals surface area contributed by atoms with Gasteiger partial charge in [-0.25, -0.2) is 0 Å². The van der Waals surface area contributed by atoms with Gasteiger partial charge in [0, 0.05) is 44.7 Å². The lowest BCUT2D eigenvalue weighted by molar-refractivity contribution is -0.141. The van der Waals surface area contributed by atoms with Gasteiger partial charge in [0.2, 0.25) is 11.8 Å². The molecule has 27 heavy (non-hydrogen) atoms. The van der Waals surface area contributed by atoms with E-state index in [2.05, 4.69) is 34.1 Å². The molecule has 4 fully saturated rings. The van der Waals surface area contributed by atoms with Gasteiger partial charge in [-0.2, -0.15) is 0 Å². The number of hydrogen-bond donors (Lipinski definition) is 0. The van der Waals surface area contributed by atoms with Gasteiger partial charge in [0.15, 0.2) is 0 Å². The standard InChI is InChI=1S/C22H29N3O2/c26-21-6-3-9-23(21)15-22(27)25-13-16-7-8-19(25)14-24(12-16)20-10-17-4-1-2-5-18(17)11-20/h1-2,4-5,16,19-20H,3,6-15H2/t16-,19+/m0/s1. The van der Waals surface area contributed by atoms with E-state index in [0.717, 1.165) is 51.9 Å². The third-order valence-corrected chi connectivity index (χ3v) is 7.11. The van der Waals surface area contributed by atoms with Crippen molar-refractivity contribution in [1.29, 1.82) is 0 Å². The fourth-order valence-electron chi connectivity index (χ4n) is 5.64. The molecule has 4 aliphatic heterocycles. The van der Waals surface area contributed by atoms with Crippen molar-refractivity contribution in [2.45, 2.75) is 50.6 Å². The SMILES string of the molecule is O=C1CCCN1CC(=O)N1C[C@H]2CC[C@@H]1CN(C1Cc3ccccc3C1)C2.